The molecular formula is C18H22N2. The molecule has 2 heteroatoms. The van der Waals surface area contributed by atoms with Gasteiger partial charge in [-0.2, -0.15) is 0 Å². The SMILES string of the molecule is CNC(Cc1cccnc1)C1CCCc2ccccc21. The van der Waals surface area contributed by atoms with E-state index in [1.54, 1.807) is 5.56 Å². The summed E-state index contributed by atoms with van der Waals surface area (Å²) in [5.74, 6) is 0.616. The van der Waals surface area contributed by atoms with Crippen molar-refractivity contribution in [2.24, 2.45) is 0 Å². The summed E-state index contributed by atoms with van der Waals surface area (Å²) < 4.78 is 0. The summed E-state index contributed by atoms with van der Waals surface area (Å²) in [6.45, 7) is 0. The molecule has 1 aliphatic carbocycles. The van der Waals surface area contributed by atoms with Gasteiger partial charge in [-0.15, -0.1) is 0 Å². The third-order valence-electron chi connectivity index (χ3n) is 4.45. The van der Waals surface area contributed by atoms with Gasteiger partial charge in [-0.05, 0) is 61.4 Å². The van der Waals surface area contributed by atoms with Gasteiger partial charge in [0.15, 0.2) is 0 Å². The van der Waals surface area contributed by atoms with Crippen LogP contribution in [0.25, 0.3) is 0 Å². The number of likely N-dealkylation sites (N-methyl/N-ethyl adjacent to an activating group) is 1. The Bertz CT molecular complexity index is 550. The first-order chi connectivity index (χ1) is 9.88. The van der Waals surface area contributed by atoms with E-state index in [2.05, 4.69) is 47.7 Å². The molecule has 2 aromatic rings. The van der Waals surface area contributed by atoms with Gasteiger partial charge >= 0.3 is 0 Å². The standard InChI is InChI=1S/C18H22N2/c1-19-18(12-14-6-5-11-20-13-14)17-10-4-8-15-7-2-3-9-16(15)17/h2-3,5-7,9,11,13,17-19H,4,8,10,12H2,1H3. The topological polar surface area (TPSA) is 24.9 Å². The van der Waals surface area contributed by atoms with Crippen molar-refractivity contribution >= 4 is 0 Å². The zero-order valence-corrected chi connectivity index (χ0v) is 12.0. The van der Waals surface area contributed by atoms with Gasteiger partial charge in [0.2, 0.25) is 0 Å². The highest BCUT2D eigenvalue weighted by Gasteiger charge is 2.26. The highest BCUT2D eigenvalue weighted by Crippen LogP contribution is 2.34. The Labute approximate surface area is 121 Å². The van der Waals surface area contributed by atoms with Gasteiger partial charge in [0.25, 0.3) is 0 Å². The lowest BCUT2D eigenvalue weighted by atomic mass is 9.77. The molecule has 2 unspecified atom stereocenters. The molecule has 0 saturated heterocycles. The average molecular weight is 266 g/mol. The first kappa shape index (κ1) is 13.3. The number of aryl methyl sites for hydroxylation is 1. The molecule has 0 spiro atoms. The normalized spacial score (nSPS) is 19.4. The first-order valence-corrected chi connectivity index (χ1v) is 7.52. The number of hydrogen-bond donors (Lipinski definition) is 1. The molecule has 1 aromatic carbocycles. The van der Waals surface area contributed by atoms with Crippen LogP contribution in [0.1, 0.15) is 35.4 Å². The van der Waals surface area contributed by atoms with Crippen molar-refractivity contribution in [1.29, 1.82) is 0 Å². The Morgan fingerprint density at radius 1 is 1.25 bits per heavy atom. The summed E-state index contributed by atoms with van der Waals surface area (Å²) in [5, 5.41) is 3.53. The number of nitrogens with zero attached hydrogens (tertiary/aromatic N) is 1. The number of pyridine rings is 1. The number of benzene rings is 1. The number of rotatable bonds is 4. The summed E-state index contributed by atoms with van der Waals surface area (Å²) in [4.78, 5) is 4.23. The third-order valence-corrected chi connectivity index (χ3v) is 4.45. The minimum absolute atomic E-state index is 0.487. The van der Waals surface area contributed by atoms with Crippen molar-refractivity contribution in [2.75, 3.05) is 7.05 Å². The molecule has 1 heterocycles. The summed E-state index contributed by atoms with van der Waals surface area (Å²) in [6, 6.07) is 13.6. The van der Waals surface area contributed by atoms with Crippen LogP contribution >= 0.6 is 0 Å². The predicted molar refractivity (Wildman–Crippen MR) is 82.9 cm³/mol. The lowest BCUT2D eigenvalue weighted by Crippen LogP contribution is -2.36. The second-order valence-electron chi connectivity index (χ2n) is 5.66. The molecule has 0 radical (unpaired) electrons. The van der Waals surface area contributed by atoms with Crippen LogP contribution in [-0.2, 0) is 12.8 Å². The zero-order valence-electron chi connectivity index (χ0n) is 12.0. The number of hydrogen-bond acceptors (Lipinski definition) is 2. The Hall–Kier alpha value is -1.67. The van der Waals surface area contributed by atoms with Crippen LogP contribution in [0.5, 0.6) is 0 Å². The van der Waals surface area contributed by atoms with Crippen LogP contribution in [-0.4, -0.2) is 18.1 Å². The van der Waals surface area contributed by atoms with Crippen molar-refractivity contribution in [2.45, 2.75) is 37.6 Å². The Morgan fingerprint density at radius 3 is 2.95 bits per heavy atom. The lowest BCUT2D eigenvalue weighted by Gasteiger charge is -2.32. The van der Waals surface area contributed by atoms with Crippen LogP contribution in [0.2, 0.25) is 0 Å². The molecule has 1 aliphatic rings. The monoisotopic (exact) mass is 266 g/mol. The van der Waals surface area contributed by atoms with Crippen LogP contribution in [0.4, 0.5) is 0 Å². The summed E-state index contributed by atoms with van der Waals surface area (Å²) in [5.41, 5.74) is 4.40. The maximum absolute atomic E-state index is 4.23. The fourth-order valence-corrected chi connectivity index (χ4v) is 3.43. The molecule has 2 atom stereocenters. The summed E-state index contributed by atoms with van der Waals surface area (Å²) in [7, 11) is 2.08. The van der Waals surface area contributed by atoms with E-state index in [0.29, 0.717) is 12.0 Å². The van der Waals surface area contributed by atoms with E-state index in [1.165, 1.54) is 30.4 Å². The molecule has 1 aromatic heterocycles. The smallest absolute Gasteiger partial charge is 0.0300 e. The van der Waals surface area contributed by atoms with E-state index in [-0.39, 0.29) is 0 Å². The highest BCUT2D eigenvalue weighted by atomic mass is 14.9. The Morgan fingerprint density at radius 2 is 2.15 bits per heavy atom. The number of aromatic nitrogens is 1. The largest absolute Gasteiger partial charge is 0.316 e. The van der Waals surface area contributed by atoms with Gasteiger partial charge < -0.3 is 5.32 Å². The minimum atomic E-state index is 0.487. The maximum Gasteiger partial charge on any atom is 0.0300 e. The van der Waals surface area contributed by atoms with Gasteiger partial charge in [-0.25, -0.2) is 0 Å². The van der Waals surface area contributed by atoms with Gasteiger partial charge in [0.1, 0.15) is 0 Å². The van der Waals surface area contributed by atoms with E-state index < -0.39 is 0 Å². The maximum atomic E-state index is 4.23. The van der Waals surface area contributed by atoms with Gasteiger partial charge in [0.05, 0.1) is 0 Å². The van der Waals surface area contributed by atoms with Crippen molar-refractivity contribution < 1.29 is 0 Å². The molecule has 0 bridgehead atoms. The van der Waals surface area contributed by atoms with Crippen molar-refractivity contribution in [3.05, 3.63) is 65.5 Å². The molecule has 20 heavy (non-hydrogen) atoms. The molecule has 3 rings (SSSR count). The molecule has 0 aliphatic heterocycles. The fourth-order valence-electron chi connectivity index (χ4n) is 3.43. The van der Waals surface area contributed by atoms with Gasteiger partial charge in [-0.3, -0.25) is 4.98 Å². The highest BCUT2D eigenvalue weighted by molar-refractivity contribution is 5.34. The van der Waals surface area contributed by atoms with Crippen molar-refractivity contribution in [1.82, 2.24) is 10.3 Å². The van der Waals surface area contributed by atoms with Crippen LogP contribution in [0.3, 0.4) is 0 Å². The quantitative estimate of drug-likeness (QED) is 0.918. The van der Waals surface area contributed by atoms with Gasteiger partial charge in [0, 0.05) is 18.4 Å². The minimum Gasteiger partial charge on any atom is -0.316 e. The third kappa shape index (κ3) is 2.75. The van der Waals surface area contributed by atoms with E-state index in [4.69, 9.17) is 0 Å². The fraction of sp³-hybridized carbons (Fsp3) is 0.389. The van der Waals surface area contributed by atoms with E-state index in [0.717, 1.165) is 6.42 Å². The first-order valence-electron chi connectivity index (χ1n) is 7.52. The molecule has 0 amide bonds. The van der Waals surface area contributed by atoms with Crippen LogP contribution < -0.4 is 5.32 Å². The summed E-state index contributed by atoms with van der Waals surface area (Å²) >= 11 is 0. The van der Waals surface area contributed by atoms with Crippen molar-refractivity contribution in [3.8, 4) is 0 Å². The molecule has 1 N–H and O–H groups in total. The molecule has 2 nitrogen and oxygen atoms in total. The second kappa shape index (κ2) is 6.19. The predicted octanol–water partition coefficient (Wildman–Crippen LogP) is 3.33. The number of nitrogens with one attached hydrogen (secondary N) is 1. The van der Waals surface area contributed by atoms with Crippen molar-refractivity contribution in [3.63, 3.8) is 0 Å². The Balaban J connectivity index is 1.84. The molecule has 104 valence electrons. The summed E-state index contributed by atoms with van der Waals surface area (Å²) in [6.07, 6.45) is 8.68. The Kier molecular flexibility index (Phi) is 4.12. The second-order valence-corrected chi connectivity index (χ2v) is 5.66. The molecule has 0 saturated carbocycles. The van der Waals surface area contributed by atoms with Gasteiger partial charge in [-0.1, -0.05) is 30.3 Å². The van der Waals surface area contributed by atoms with Crippen LogP contribution in [0.15, 0.2) is 48.8 Å². The van der Waals surface area contributed by atoms with E-state index >= 15 is 0 Å². The van der Waals surface area contributed by atoms with E-state index in [1.807, 2.05) is 18.5 Å². The van der Waals surface area contributed by atoms with Crippen LogP contribution in [0, 0.1) is 0 Å². The molecular weight excluding hydrogens is 244 g/mol. The van der Waals surface area contributed by atoms with E-state index in [9.17, 15) is 0 Å². The number of fused-ring (bicyclic) bond motifs is 1. The lowest BCUT2D eigenvalue weighted by molar-refractivity contribution is 0.411. The molecule has 0 fully saturated rings. The average Bonchev–Trinajstić information content (AvgIpc) is 2.53. The zero-order chi connectivity index (χ0) is 13.8.